The van der Waals surface area contributed by atoms with Crippen LogP contribution in [-0.2, 0) is 4.74 Å². The number of halogens is 1. The minimum atomic E-state index is 0. The standard InChI is InChI=1S/C18H33N5O.HI/c1-3-19-18(23-15-9-10-16-24-4-2)22-14-8-7-13-21-17-11-5-6-12-20-17;/h5-6,11-12H,3-4,7-10,13-16H2,1-2H3,(H,20,21)(H2,19,22,23);1H. The molecule has 0 aromatic carbocycles. The highest BCUT2D eigenvalue weighted by atomic mass is 127. The van der Waals surface area contributed by atoms with Crippen LogP contribution in [0.3, 0.4) is 0 Å². The number of rotatable bonds is 13. The fourth-order valence-electron chi connectivity index (χ4n) is 2.13. The molecule has 7 heteroatoms. The van der Waals surface area contributed by atoms with E-state index in [1.54, 1.807) is 6.20 Å². The number of pyridine rings is 1. The number of nitrogens with one attached hydrogen (secondary N) is 3. The zero-order valence-electron chi connectivity index (χ0n) is 15.6. The maximum absolute atomic E-state index is 5.33. The molecule has 3 N–H and O–H groups in total. The number of hydrogen-bond donors (Lipinski definition) is 3. The van der Waals surface area contributed by atoms with E-state index in [2.05, 4.69) is 32.9 Å². The van der Waals surface area contributed by atoms with Crippen LogP contribution in [0.25, 0.3) is 0 Å². The van der Waals surface area contributed by atoms with Crippen LogP contribution in [0, 0.1) is 0 Å². The molecule has 0 aliphatic rings. The lowest BCUT2D eigenvalue weighted by Crippen LogP contribution is -2.38. The number of aliphatic imine (C=N–C) groups is 1. The molecule has 0 unspecified atom stereocenters. The lowest BCUT2D eigenvalue weighted by atomic mass is 10.3. The normalized spacial score (nSPS) is 10.9. The molecule has 0 saturated heterocycles. The molecule has 0 saturated carbocycles. The van der Waals surface area contributed by atoms with Gasteiger partial charge in [0.1, 0.15) is 5.82 Å². The summed E-state index contributed by atoms with van der Waals surface area (Å²) in [6.45, 7) is 9.32. The van der Waals surface area contributed by atoms with Crippen molar-refractivity contribution < 1.29 is 4.74 Å². The quantitative estimate of drug-likeness (QED) is 0.181. The van der Waals surface area contributed by atoms with Gasteiger partial charge in [-0.1, -0.05) is 6.07 Å². The third-order valence-corrected chi connectivity index (χ3v) is 3.38. The third kappa shape index (κ3) is 13.8. The Morgan fingerprint density at radius 3 is 2.64 bits per heavy atom. The van der Waals surface area contributed by atoms with E-state index in [-0.39, 0.29) is 24.0 Å². The van der Waals surface area contributed by atoms with Gasteiger partial charge in [-0.25, -0.2) is 4.98 Å². The van der Waals surface area contributed by atoms with Crippen molar-refractivity contribution >= 4 is 35.8 Å². The van der Waals surface area contributed by atoms with Crippen LogP contribution in [0.15, 0.2) is 29.4 Å². The molecule has 1 aromatic heterocycles. The Bertz CT molecular complexity index is 431. The Morgan fingerprint density at radius 1 is 1.08 bits per heavy atom. The Labute approximate surface area is 169 Å². The maximum atomic E-state index is 5.33. The summed E-state index contributed by atoms with van der Waals surface area (Å²) in [5.41, 5.74) is 0. The fourth-order valence-corrected chi connectivity index (χ4v) is 2.13. The fraction of sp³-hybridized carbons (Fsp3) is 0.667. The van der Waals surface area contributed by atoms with Crippen molar-refractivity contribution in [3.63, 3.8) is 0 Å². The zero-order chi connectivity index (χ0) is 17.3. The van der Waals surface area contributed by atoms with Crippen molar-refractivity contribution in [1.82, 2.24) is 15.6 Å². The van der Waals surface area contributed by atoms with E-state index in [0.717, 1.165) is 76.9 Å². The van der Waals surface area contributed by atoms with Crippen LogP contribution in [0.4, 0.5) is 5.82 Å². The summed E-state index contributed by atoms with van der Waals surface area (Å²) in [6, 6.07) is 5.90. The number of hydrogen-bond acceptors (Lipinski definition) is 4. The highest BCUT2D eigenvalue weighted by Crippen LogP contribution is 2.00. The molecule has 0 spiro atoms. The summed E-state index contributed by atoms with van der Waals surface area (Å²) in [5, 5.41) is 9.99. The predicted molar refractivity (Wildman–Crippen MR) is 117 cm³/mol. The van der Waals surface area contributed by atoms with Gasteiger partial charge in [-0.3, -0.25) is 4.99 Å². The Kier molecular flexibility index (Phi) is 17.0. The second kappa shape index (κ2) is 17.7. The summed E-state index contributed by atoms with van der Waals surface area (Å²) >= 11 is 0. The number of guanidine groups is 1. The summed E-state index contributed by atoms with van der Waals surface area (Å²) in [4.78, 5) is 8.83. The van der Waals surface area contributed by atoms with Gasteiger partial charge < -0.3 is 20.7 Å². The SMILES string of the molecule is CCNC(=NCCCCOCC)NCCCCNc1ccccn1.I. The van der Waals surface area contributed by atoms with Gasteiger partial charge in [0.05, 0.1) is 0 Å². The van der Waals surface area contributed by atoms with E-state index in [0.29, 0.717) is 0 Å². The van der Waals surface area contributed by atoms with Crippen molar-refractivity contribution in [1.29, 1.82) is 0 Å². The number of nitrogens with zero attached hydrogens (tertiary/aromatic N) is 2. The summed E-state index contributed by atoms with van der Waals surface area (Å²) in [6.07, 6.45) is 6.11. The molecule has 144 valence electrons. The number of anilines is 1. The van der Waals surface area contributed by atoms with Crippen LogP contribution in [0.2, 0.25) is 0 Å². The Hall–Kier alpha value is -1.09. The van der Waals surface area contributed by atoms with Crippen molar-refractivity contribution in [3.05, 3.63) is 24.4 Å². The first-order chi connectivity index (χ1) is 11.9. The van der Waals surface area contributed by atoms with Crippen molar-refractivity contribution in [3.8, 4) is 0 Å². The van der Waals surface area contributed by atoms with Crippen molar-refractivity contribution in [2.75, 3.05) is 44.7 Å². The van der Waals surface area contributed by atoms with Crippen LogP contribution >= 0.6 is 24.0 Å². The lowest BCUT2D eigenvalue weighted by molar-refractivity contribution is 0.144. The molecule has 6 nitrogen and oxygen atoms in total. The monoisotopic (exact) mass is 463 g/mol. The Morgan fingerprint density at radius 2 is 1.92 bits per heavy atom. The second-order valence-electron chi connectivity index (χ2n) is 5.44. The van der Waals surface area contributed by atoms with E-state index in [4.69, 9.17) is 4.74 Å². The van der Waals surface area contributed by atoms with Gasteiger partial charge in [0.2, 0.25) is 0 Å². The summed E-state index contributed by atoms with van der Waals surface area (Å²) in [7, 11) is 0. The lowest BCUT2D eigenvalue weighted by Gasteiger charge is -2.11. The van der Waals surface area contributed by atoms with Gasteiger partial charge in [0.15, 0.2) is 5.96 Å². The molecule has 0 radical (unpaired) electrons. The third-order valence-electron chi connectivity index (χ3n) is 3.38. The van der Waals surface area contributed by atoms with Crippen LogP contribution in [-0.4, -0.2) is 50.3 Å². The van der Waals surface area contributed by atoms with Crippen LogP contribution in [0.5, 0.6) is 0 Å². The molecular weight excluding hydrogens is 429 g/mol. The van der Waals surface area contributed by atoms with Gasteiger partial charge >= 0.3 is 0 Å². The minimum absolute atomic E-state index is 0. The molecule has 0 amide bonds. The molecule has 1 heterocycles. The topological polar surface area (TPSA) is 70.6 Å². The largest absolute Gasteiger partial charge is 0.382 e. The second-order valence-corrected chi connectivity index (χ2v) is 5.44. The zero-order valence-corrected chi connectivity index (χ0v) is 17.9. The first kappa shape index (κ1) is 23.9. The summed E-state index contributed by atoms with van der Waals surface area (Å²) in [5.74, 6) is 1.85. The van der Waals surface area contributed by atoms with Crippen LogP contribution in [0.1, 0.15) is 39.5 Å². The molecule has 0 atom stereocenters. The van der Waals surface area contributed by atoms with Gasteiger partial charge in [-0.2, -0.15) is 0 Å². The van der Waals surface area contributed by atoms with Gasteiger partial charge in [0, 0.05) is 45.6 Å². The van der Waals surface area contributed by atoms with Crippen molar-refractivity contribution in [2.24, 2.45) is 4.99 Å². The first-order valence-corrected chi connectivity index (χ1v) is 9.11. The number of ether oxygens (including phenoxy) is 1. The van der Waals surface area contributed by atoms with Crippen LogP contribution < -0.4 is 16.0 Å². The molecule has 0 aliphatic heterocycles. The van der Waals surface area contributed by atoms with E-state index in [1.165, 1.54) is 0 Å². The molecule has 0 aliphatic carbocycles. The average Bonchev–Trinajstić information content (AvgIpc) is 2.61. The van der Waals surface area contributed by atoms with E-state index in [1.807, 2.05) is 25.1 Å². The van der Waals surface area contributed by atoms with Crippen molar-refractivity contribution in [2.45, 2.75) is 39.5 Å². The summed E-state index contributed by atoms with van der Waals surface area (Å²) < 4.78 is 5.33. The maximum Gasteiger partial charge on any atom is 0.191 e. The molecule has 0 bridgehead atoms. The molecule has 1 rings (SSSR count). The molecule has 1 aromatic rings. The minimum Gasteiger partial charge on any atom is -0.382 e. The van der Waals surface area contributed by atoms with E-state index < -0.39 is 0 Å². The molecule has 25 heavy (non-hydrogen) atoms. The smallest absolute Gasteiger partial charge is 0.191 e. The highest BCUT2D eigenvalue weighted by Gasteiger charge is 1.97. The molecule has 0 fully saturated rings. The predicted octanol–water partition coefficient (Wildman–Crippen LogP) is 3.26. The van der Waals surface area contributed by atoms with E-state index >= 15 is 0 Å². The van der Waals surface area contributed by atoms with E-state index in [9.17, 15) is 0 Å². The number of aromatic nitrogens is 1. The van der Waals surface area contributed by atoms with Gasteiger partial charge in [-0.15, -0.1) is 24.0 Å². The average molecular weight is 463 g/mol. The first-order valence-electron chi connectivity index (χ1n) is 9.11. The Balaban J connectivity index is 0.00000576. The number of unbranched alkanes of at least 4 members (excludes halogenated alkanes) is 2. The van der Waals surface area contributed by atoms with Gasteiger partial charge in [0.25, 0.3) is 0 Å². The van der Waals surface area contributed by atoms with Gasteiger partial charge in [-0.05, 0) is 51.7 Å². The molecular formula is C18H34IN5O. The highest BCUT2D eigenvalue weighted by molar-refractivity contribution is 14.0.